The van der Waals surface area contributed by atoms with Gasteiger partial charge in [0.05, 0.1) is 16.4 Å². The van der Waals surface area contributed by atoms with Gasteiger partial charge in [-0.05, 0) is 31.2 Å². The van der Waals surface area contributed by atoms with Gasteiger partial charge in [0.15, 0.2) is 6.61 Å². The number of carbonyl (C=O) groups is 1. The summed E-state index contributed by atoms with van der Waals surface area (Å²) in [4.78, 5) is 11.3. The Morgan fingerprint density at radius 3 is 3.10 bits per heavy atom. The molecule has 2 aliphatic rings. The van der Waals surface area contributed by atoms with Crippen LogP contribution in [0.3, 0.4) is 0 Å². The van der Waals surface area contributed by atoms with Crippen molar-refractivity contribution in [1.82, 2.24) is 0 Å². The quantitative estimate of drug-likeness (QED) is 0.839. The average Bonchev–Trinajstić information content (AvgIpc) is 2.46. The number of rotatable bonds is 3. The summed E-state index contributed by atoms with van der Waals surface area (Å²) in [5.41, 5.74) is 1.49. The molecule has 106 valence electrons. The number of allylic oxidation sites excluding steroid dienone is 2. The first-order chi connectivity index (χ1) is 9.72. The van der Waals surface area contributed by atoms with E-state index in [1.54, 1.807) is 6.07 Å². The summed E-state index contributed by atoms with van der Waals surface area (Å²) < 4.78 is 5.40. The molecule has 1 aliphatic heterocycles. The van der Waals surface area contributed by atoms with Crippen molar-refractivity contribution in [3.63, 3.8) is 0 Å². The molecule has 1 heterocycles. The van der Waals surface area contributed by atoms with Crippen LogP contribution in [0.25, 0.3) is 0 Å². The van der Waals surface area contributed by atoms with Crippen molar-refractivity contribution in [2.45, 2.75) is 19.3 Å². The van der Waals surface area contributed by atoms with E-state index in [9.17, 15) is 4.79 Å². The molecule has 1 amide bonds. The Morgan fingerprint density at radius 2 is 2.30 bits per heavy atom. The minimum atomic E-state index is -0.150. The molecule has 0 saturated heterocycles. The number of ether oxygens (including phenoxy) is 1. The molecule has 0 fully saturated rings. The molecule has 4 nitrogen and oxygen atoms in total. The lowest BCUT2D eigenvalue weighted by Crippen LogP contribution is -2.25. The molecule has 2 N–H and O–H groups in total. The summed E-state index contributed by atoms with van der Waals surface area (Å²) in [5.74, 6) is 1.16. The van der Waals surface area contributed by atoms with Crippen LogP contribution in [-0.4, -0.2) is 19.1 Å². The van der Waals surface area contributed by atoms with Gasteiger partial charge in [0.2, 0.25) is 0 Å². The first-order valence-electron chi connectivity index (χ1n) is 6.87. The summed E-state index contributed by atoms with van der Waals surface area (Å²) in [6.07, 6.45) is 7.95. The largest absolute Gasteiger partial charge is 0.482 e. The molecule has 0 spiro atoms. The number of fused-ring (bicyclic) bond motifs is 1. The SMILES string of the molecule is O=C1COc2cc(NCC3CC=CCC3)c(Cl)cc2N1. The minimum absolute atomic E-state index is 0.0570. The van der Waals surface area contributed by atoms with Crippen LogP contribution in [0.2, 0.25) is 5.02 Å². The highest BCUT2D eigenvalue weighted by Crippen LogP contribution is 2.36. The predicted octanol–water partition coefficient (Wildman–Crippen LogP) is 3.44. The monoisotopic (exact) mass is 292 g/mol. The van der Waals surface area contributed by atoms with Gasteiger partial charge in [-0.1, -0.05) is 23.8 Å². The third kappa shape index (κ3) is 2.90. The third-order valence-electron chi connectivity index (χ3n) is 3.66. The molecule has 1 unspecified atom stereocenters. The zero-order chi connectivity index (χ0) is 13.9. The van der Waals surface area contributed by atoms with Crippen molar-refractivity contribution >= 4 is 28.9 Å². The summed E-state index contributed by atoms with van der Waals surface area (Å²) in [5, 5.41) is 6.73. The second-order valence-corrected chi connectivity index (χ2v) is 5.60. The maximum atomic E-state index is 11.3. The zero-order valence-electron chi connectivity index (χ0n) is 11.1. The second kappa shape index (κ2) is 5.75. The standard InChI is InChI=1S/C15H17ClN2O2/c16-11-6-13-14(20-9-15(19)18-13)7-12(11)17-8-10-4-2-1-3-5-10/h1-2,6-7,10,17H,3-5,8-9H2,(H,18,19). The highest BCUT2D eigenvalue weighted by atomic mass is 35.5. The fraction of sp³-hybridized carbons (Fsp3) is 0.400. The molecule has 0 aromatic heterocycles. The molecule has 1 aromatic carbocycles. The lowest BCUT2D eigenvalue weighted by Gasteiger charge is -2.22. The first kappa shape index (κ1) is 13.3. The van der Waals surface area contributed by atoms with E-state index >= 15 is 0 Å². The van der Waals surface area contributed by atoms with Gasteiger partial charge in [0.1, 0.15) is 5.75 Å². The molecule has 0 saturated carbocycles. The van der Waals surface area contributed by atoms with E-state index in [1.807, 2.05) is 6.07 Å². The molecule has 0 radical (unpaired) electrons. The van der Waals surface area contributed by atoms with Gasteiger partial charge in [0, 0.05) is 12.6 Å². The predicted molar refractivity (Wildman–Crippen MR) is 80.5 cm³/mol. The molecular weight excluding hydrogens is 276 g/mol. The maximum Gasteiger partial charge on any atom is 0.262 e. The average molecular weight is 293 g/mol. The first-order valence-corrected chi connectivity index (χ1v) is 7.25. The zero-order valence-corrected chi connectivity index (χ0v) is 11.9. The lowest BCUT2D eigenvalue weighted by atomic mass is 9.94. The number of amides is 1. The van der Waals surface area contributed by atoms with Crippen LogP contribution in [0.4, 0.5) is 11.4 Å². The van der Waals surface area contributed by atoms with Crippen LogP contribution in [0.15, 0.2) is 24.3 Å². The Morgan fingerprint density at radius 1 is 1.40 bits per heavy atom. The normalized spacial score (nSPS) is 20.9. The third-order valence-corrected chi connectivity index (χ3v) is 3.97. The van der Waals surface area contributed by atoms with Crippen molar-refractivity contribution < 1.29 is 9.53 Å². The summed E-state index contributed by atoms with van der Waals surface area (Å²) in [6, 6.07) is 3.59. The highest BCUT2D eigenvalue weighted by molar-refractivity contribution is 6.33. The van der Waals surface area contributed by atoms with E-state index in [2.05, 4.69) is 22.8 Å². The Kier molecular flexibility index (Phi) is 3.83. The Bertz CT molecular complexity index is 557. The van der Waals surface area contributed by atoms with Crippen LogP contribution < -0.4 is 15.4 Å². The van der Waals surface area contributed by atoms with Crippen LogP contribution >= 0.6 is 11.6 Å². The fourth-order valence-corrected chi connectivity index (χ4v) is 2.76. The number of carbonyl (C=O) groups excluding carboxylic acids is 1. The molecule has 5 heteroatoms. The summed E-state index contributed by atoms with van der Waals surface area (Å²) in [7, 11) is 0. The van der Waals surface area contributed by atoms with E-state index in [0.29, 0.717) is 22.4 Å². The molecule has 1 aliphatic carbocycles. The second-order valence-electron chi connectivity index (χ2n) is 5.20. The van der Waals surface area contributed by atoms with Crippen LogP contribution in [-0.2, 0) is 4.79 Å². The number of halogens is 1. The minimum Gasteiger partial charge on any atom is -0.482 e. The van der Waals surface area contributed by atoms with Crippen molar-refractivity contribution in [2.75, 3.05) is 23.8 Å². The summed E-state index contributed by atoms with van der Waals surface area (Å²) >= 11 is 6.24. The number of hydrogen-bond acceptors (Lipinski definition) is 3. The molecule has 1 atom stereocenters. The van der Waals surface area contributed by atoms with Gasteiger partial charge in [0.25, 0.3) is 5.91 Å². The van der Waals surface area contributed by atoms with Crippen molar-refractivity contribution in [3.8, 4) is 5.75 Å². The van der Waals surface area contributed by atoms with Crippen molar-refractivity contribution in [1.29, 1.82) is 0 Å². The van der Waals surface area contributed by atoms with Gasteiger partial charge in [-0.3, -0.25) is 4.79 Å². The number of anilines is 2. The van der Waals surface area contributed by atoms with Gasteiger partial charge < -0.3 is 15.4 Å². The fourth-order valence-electron chi connectivity index (χ4n) is 2.53. The van der Waals surface area contributed by atoms with E-state index in [0.717, 1.165) is 25.1 Å². The number of benzene rings is 1. The maximum absolute atomic E-state index is 11.3. The van der Waals surface area contributed by atoms with Crippen LogP contribution in [0.1, 0.15) is 19.3 Å². The van der Waals surface area contributed by atoms with E-state index in [4.69, 9.17) is 16.3 Å². The highest BCUT2D eigenvalue weighted by Gasteiger charge is 2.18. The van der Waals surface area contributed by atoms with E-state index in [1.165, 1.54) is 6.42 Å². The number of hydrogen-bond donors (Lipinski definition) is 2. The van der Waals surface area contributed by atoms with Crippen molar-refractivity contribution in [2.24, 2.45) is 5.92 Å². The van der Waals surface area contributed by atoms with Gasteiger partial charge in [-0.2, -0.15) is 0 Å². The lowest BCUT2D eigenvalue weighted by molar-refractivity contribution is -0.118. The topological polar surface area (TPSA) is 50.4 Å². The smallest absolute Gasteiger partial charge is 0.262 e. The van der Waals surface area contributed by atoms with E-state index in [-0.39, 0.29) is 12.5 Å². The summed E-state index contributed by atoms with van der Waals surface area (Å²) in [6.45, 7) is 0.955. The molecular formula is C15H17ClN2O2. The van der Waals surface area contributed by atoms with Crippen LogP contribution in [0.5, 0.6) is 5.75 Å². The van der Waals surface area contributed by atoms with Gasteiger partial charge >= 0.3 is 0 Å². The Hall–Kier alpha value is -1.68. The van der Waals surface area contributed by atoms with Gasteiger partial charge in [-0.25, -0.2) is 0 Å². The van der Waals surface area contributed by atoms with Crippen LogP contribution in [0, 0.1) is 5.92 Å². The molecule has 20 heavy (non-hydrogen) atoms. The Balaban J connectivity index is 1.70. The molecule has 1 aromatic rings. The molecule has 3 rings (SSSR count). The number of nitrogens with one attached hydrogen (secondary N) is 2. The van der Waals surface area contributed by atoms with Gasteiger partial charge in [-0.15, -0.1) is 0 Å². The Labute approximate surface area is 123 Å². The molecule has 0 bridgehead atoms. The van der Waals surface area contributed by atoms with Crippen molar-refractivity contribution in [3.05, 3.63) is 29.3 Å². The van der Waals surface area contributed by atoms with E-state index < -0.39 is 0 Å².